The average molecular weight is 324 g/mol. The molecule has 5 heteroatoms. The van der Waals surface area contributed by atoms with E-state index in [2.05, 4.69) is 41.3 Å². The van der Waals surface area contributed by atoms with Crippen LogP contribution >= 0.6 is 0 Å². The van der Waals surface area contributed by atoms with Gasteiger partial charge < -0.3 is 15.1 Å². The van der Waals surface area contributed by atoms with E-state index in [0.29, 0.717) is 5.56 Å². The molecule has 1 aliphatic heterocycles. The standard InChI is InChI=1S/C19H24N4O/c1-15-5-3-4-6-16(15)13-21-18-11-17(12-20-14-18)19(24)23-9-7-22(2)8-10-23/h3-6,11-12,14,21H,7-10,13H2,1-2H3. The number of hydrogen-bond donors (Lipinski definition) is 1. The smallest absolute Gasteiger partial charge is 0.255 e. The maximum atomic E-state index is 12.6. The molecule has 0 spiro atoms. The molecule has 1 aromatic heterocycles. The van der Waals surface area contributed by atoms with Gasteiger partial charge in [0.2, 0.25) is 0 Å². The van der Waals surface area contributed by atoms with Crippen LogP contribution in [0, 0.1) is 6.92 Å². The van der Waals surface area contributed by atoms with E-state index in [1.807, 2.05) is 23.1 Å². The van der Waals surface area contributed by atoms with Gasteiger partial charge >= 0.3 is 0 Å². The molecule has 2 heterocycles. The first-order valence-corrected chi connectivity index (χ1v) is 8.35. The summed E-state index contributed by atoms with van der Waals surface area (Å²) in [5, 5.41) is 3.37. The molecule has 0 unspecified atom stereocenters. The van der Waals surface area contributed by atoms with Crippen LogP contribution in [-0.2, 0) is 6.54 Å². The molecule has 126 valence electrons. The molecule has 1 aliphatic rings. The second-order valence-corrected chi connectivity index (χ2v) is 6.34. The number of nitrogens with zero attached hydrogens (tertiary/aromatic N) is 3. The first-order valence-electron chi connectivity index (χ1n) is 8.35. The van der Waals surface area contributed by atoms with Gasteiger partial charge in [-0.3, -0.25) is 9.78 Å². The minimum absolute atomic E-state index is 0.0649. The summed E-state index contributed by atoms with van der Waals surface area (Å²) in [5.74, 6) is 0.0649. The molecule has 1 fully saturated rings. The molecule has 0 saturated carbocycles. The van der Waals surface area contributed by atoms with Gasteiger partial charge in [-0.05, 0) is 31.2 Å². The highest BCUT2D eigenvalue weighted by atomic mass is 16.2. The number of carbonyl (C=O) groups excluding carboxylic acids is 1. The lowest BCUT2D eigenvalue weighted by atomic mass is 10.1. The van der Waals surface area contributed by atoms with Crippen LogP contribution in [0.1, 0.15) is 21.5 Å². The van der Waals surface area contributed by atoms with E-state index in [1.54, 1.807) is 12.4 Å². The van der Waals surface area contributed by atoms with E-state index in [4.69, 9.17) is 0 Å². The third-order valence-corrected chi connectivity index (χ3v) is 4.52. The second kappa shape index (κ2) is 7.45. The molecule has 1 amide bonds. The van der Waals surface area contributed by atoms with Crippen LogP contribution in [0.5, 0.6) is 0 Å². The first-order chi connectivity index (χ1) is 11.6. The Morgan fingerprint density at radius 3 is 2.67 bits per heavy atom. The first kappa shape index (κ1) is 16.5. The second-order valence-electron chi connectivity index (χ2n) is 6.34. The lowest BCUT2D eigenvalue weighted by molar-refractivity contribution is 0.0663. The van der Waals surface area contributed by atoms with Crippen molar-refractivity contribution in [2.24, 2.45) is 0 Å². The Labute approximate surface area is 143 Å². The van der Waals surface area contributed by atoms with E-state index < -0.39 is 0 Å². The lowest BCUT2D eigenvalue weighted by Gasteiger charge is -2.32. The van der Waals surface area contributed by atoms with Gasteiger partial charge in [-0.15, -0.1) is 0 Å². The van der Waals surface area contributed by atoms with Gasteiger partial charge in [-0.2, -0.15) is 0 Å². The zero-order chi connectivity index (χ0) is 16.9. The van der Waals surface area contributed by atoms with E-state index in [1.165, 1.54) is 11.1 Å². The molecular formula is C19H24N4O. The summed E-state index contributed by atoms with van der Waals surface area (Å²) >= 11 is 0. The van der Waals surface area contributed by atoms with Crippen LogP contribution in [-0.4, -0.2) is 53.9 Å². The van der Waals surface area contributed by atoms with Crippen molar-refractivity contribution >= 4 is 11.6 Å². The van der Waals surface area contributed by atoms with E-state index in [-0.39, 0.29) is 5.91 Å². The molecular weight excluding hydrogens is 300 g/mol. The molecule has 1 N–H and O–H groups in total. The number of rotatable bonds is 4. The van der Waals surface area contributed by atoms with E-state index in [9.17, 15) is 4.79 Å². The molecule has 0 aliphatic carbocycles. The SMILES string of the molecule is Cc1ccccc1CNc1cncc(C(=O)N2CCN(C)CC2)c1. The predicted octanol–water partition coefficient (Wildman–Crippen LogP) is 2.39. The van der Waals surface area contributed by atoms with Crippen molar-refractivity contribution in [3.8, 4) is 0 Å². The molecule has 1 aromatic carbocycles. The Hall–Kier alpha value is -2.40. The largest absolute Gasteiger partial charge is 0.380 e. The van der Waals surface area contributed by atoms with Crippen molar-refractivity contribution in [2.45, 2.75) is 13.5 Å². The van der Waals surface area contributed by atoms with Gasteiger partial charge in [0.25, 0.3) is 5.91 Å². The molecule has 0 radical (unpaired) electrons. The van der Waals surface area contributed by atoms with E-state index >= 15 is 0 Å². The zero-order valence-electron chi connectivity index (χ0n) is 14.3. The highest BCUT2D eigenvalue weighted by Gasteiger charge is 2.20. The van der Waals surface area contributed by atoms with Crippen molar-refractivity contribution in [2.75, 3.05) is 38.5 Å². The number of aromatic nitrogens is 1. The van der Waals surface area contributed by atoms with Crippen LogP contribution in [0.25, 0.3) is 0 Å². The summed E-state index contributed by atoms with van der Waals surface area (Å²) in [7, 11) is 2.08. The minimum Gasteiger partial charge on any atom is -0.380 e. The fourth-order valence-corrected chi connectivity index (χ4v) is 2.85. The Bertz CT molecular complexity index is 708. The molecule has 0 bridgehead atoms. The van der Waals surface area contributed by atoms with Gasteiger partial charge in [-0.25, -0.2) is 0 Å². The van der Waals surface area contributed by atoms with Crippen molar-refractivity contribution in [1.29, 1.82) is 0 Å². The number of piperazine rings is 1. The molecule has 24 heavy (non-hydrogen) atoms. The molecule has 3 rings (SSSR count). The zero-order valence-corrected chi connectivity index (χ0v) is 14.3. The number of anilines is 1. The van der Waals surface area contributed by atoms with Crippen molar-refractivity contribution < 1.29 is 4.79 Å². The Morgan fingerprint density at radius 1 is 1.17 bits per heavy atom. The number of hydrogen-bond acceptors (Lipinski definition) is 4. The van der Waals surface area contributed by atoms with Crippen molar-refractivity contribution in [3.63, 3.8) is 0 Å². The molecule has 2 aromatic rings. The number of benzene rings is 1. The van der Waals surface area contributed by atoms with Crippen LogP contribution in [0.15, 0.2) is 42.7 Å². The quantitative estimate of drug-likeness (QED) is 0.938. The number of likely N-dealkylation sites (N-methyl/N-ethyl adjacent to an activating group) is 1. The number of nitrogens with one attached hydrogen (secondary N) is 1. The predicted molar refractivity (Wildman–Crippen MR) is 96.1 cm³/mol. The van der Waals surface area contributed by atoms with Crippen molar-refractivity contribution in [3.05, 3.63) is 59.4 Å². The fraction of sp³-hybridized carbons (Fsp3) is 0.368. The van der Waals surface area contributed by atoms with Crippen LogP contribution in [0.2, 0.25) is 0 Å². The summed E-state index contributed by atoms with van der Waals surface area (Å²) in [6, 6.07) is 10.2. The van der Waals surface area contributed by atoms with Crippen LogP contribution in [0.4, 0.5) is 5.69 Å². The maximum Gasteiger partial charge on any atom is 0.255 e. The van der Waals surface area contributed by atoms with E-state index in [0.717, 1.165) is 38.4 Å². The Morgan fingerprint density at radius 2 is 1.92 bits per heavy atom. The normalized spacial score (nSPS) is 15.3. The Kier molecular flexibility index (Phi) is 5.11. The van der Waals surface area contributed by atoms with Crippen LogP contribution < -0.4 is 5.32 Å². The summed E-state index contributed by atoms with van der Waals surface area (Å²) in [6.45, 7) is 6.21. The van der Waals surface area contributed by atoms with Crippen molar-refractivity contribution in [1.82, 2.24) is 14.8 Å². The monoisotopic (exact) mass is 324 g/mol. The number of carbonyl (C=O) groups is 1. The lowest BCUT2D eigenvalue weighted by Crippen LogP contribution is -2.47. The summed E-state index contributed by atoms with van der Waals surface area (Å²) in [6.07, 6.45) is 3.42. The van der Waals surface area contributed by atoms with Gasteiger partial charge in [0.05, 0.1) is 11.3 Å². The van der Waals surface area contributed by atoms with Gasteiger partial charge in [0, 0.05) is 45.1 Å². The molecule has 0 atom stereocenters. The van der Waals surface area contributed by atoms with Gasteiger partial charge in [0.1, 0.15) is 0 Å². The van der Waals surface area contributed by atoms with Gasteiger partial charge in [-0.1, -0.05) is 24.3 Å². The fourth-order valence-electron chi connectivity index (χ4n) is 2.85. The van der Waals surface area contributed by atoms with Crippen LogP contribution in [0.3, 0.4) is 0 Å². The number of pyridine rings is 1. The third-order valence-electron chi connectivity index (χ3n) is 4.52. The minimum atomic E-state index is 0.0649. The number of aryl methyl sites for hydroxylation is 1. The third kappa shape index (κ3) is 3.92. The summed E-state index contributed by atoms with van der Waals surface area (Å²) in [5.41, 5.74) is 4.02. The molecule has 5 nitrogen and oxygen atoms in total. The average Bonchev–Trinajstić information content (AvgIpc) is 2.61. The Balaban J connectivity index is 1.65. The maximum absolute atomic E-state index is 12.6. The topological polar surface area (TPSA) is 48.5 Å². The highest BCUT2D eigenvalue weighted by molar-refractivity contribution is 5.94. The summed E-state index contributed by atoms with van der Waals surface area (Å²) < 4.78 is 0. The molecule has 1 saturated heterocycles. The highest BCUT2D eigenvalue weighted by Crippen LogP contribution is 2.15. The summed E-state index contributed by atoms with van der Waals surface area (Å²) in [4.78, 5) is 21.0. The van der Waals surface area contributed by atoms with Gasteiger partial charge in [0.15, 0.2) is 0 Å². The number of amides is 1.